The van der Waals surface area contributed by atoms with Gasteiger partial charge in [0.15, 0.2) is 6.29 Å². The molecule has 0 N–H and O–H groups in total. The van der Waals surface area contributed by atoms with Crippen molar-refractivity contribution in [1.82, 2.24) is 4.98 Å². The van der Waals surface area contributed by atoms with Gasteiger partial charge in [-0.05, 0) is 30.4 Å². The standard InChI is InChI=1S/C17H20N2O/c1-12(2)14-7-8-19(10-14)17-15(11-20)9-13-5-3-4-6-16(13)18-17/h3-6,9,11-12,14H,7-8,10H2,1-2H3. The lowest BCUT2D eigenvalue weighted by molar-refractivity contribution is 0.112. The van der Waals surface area contributed by atoms with E-state index in [1.54, 1.807) is 0 Å². The number of benzene rings is 1. The lowest BCUT2D eigenvalue weighted by Gasteiger charge is -2.21. The van der Waals surface area contributed by atoms with E-state index in [1.165, 1.54) is 6.42 Å². The normalized spacial score (nSPS) is 18.9. The van der Waals surface area contributed by atoms with Crippen LogP contribution >= 0.6 is 0 Å². The summed E-state index contributed by atoms with van der Waals surface area (Å²) in [6.45, 7) is 6.53. The number of aromatic nitrogens is 1. The maximum Gasteiger partial charge on any atom is 0.153 e. The van der Waals surface area contributed by atoms with Crippen LogP contribution in [0.3, 0.4) is 0 Å². The van der Waals surface area contributed by atoms with Crippen LogP contribution in [0.2, 0.25) is 0 Å². The molecule has 3 heteroatoms. The molecule has 1 atom stereocenters. The van der Waals surface area contributed by atoms with E-state index in [2.05, 4.69) is 18.7 Å². The number of pyridine rings is 1. The third-order valence-corrected chi connectivity index (χ3v) is 4.33. The van der Waals surface area contributed by atoms with Crippen LogP contribution in [0, 0.1) is 11.8 Å². The lowest BCUT2D eigenvalue weighted by Crippen LogP contribution is -2.23. The van der Waals surface area contributed by atoms with Gasteiger partial charge in [0.05, 0.1) is 11.1 Å². The van der Waals surface area contributed by atoms with Crippen molar-refractivity contribution in [2.45, 2.75) is 20.3 Å². The first-order chi connectivity index (χ1) is 9.69. The monoisotopic (exact) mass is 268 g/mol. The van der Waals surface area contributed by atoms with Gasteiger partial charge in [-0.2, -0.15) is 0 Å². The minimum atomic E-state index is 0.681. The Bertz CT molecular complexity index is 636. The average Bonchev–Trinajstić information content (AvgIpc) is 2.95. The minimum Gasteiger partial charge on any atom is -0.356 e. The Kier molecular flexibility index (Phi) is 3.43. The molecule has 3 rings (SSSR count). The first kappa shape index (κ1) is 13.1. The number of fused-ring (bicyclic) bond motifs is 1. The highest BCUT2D eigenvalue weighted by Gasteiger charge is 2.27. The van der Waals surface area contributed by atoms with Crippen molar-refractivity contribution < 1.29 is 4.79 Å². The highest BCUT2D eigenvalue weighted by Crippen LogP contribution is 2.30. The number of aldehydes is 1. The summed E-state index contributed by atoms with van der Waals surface area (Å²) in [4.78, 5) is 18.4. The van der Waals surface area contributed by atoms with Crippen molar-refractivity contribution in [3.63, 3.8) is 0 Å². The summed E-state index contributed by atoms with van der Waals surface area (Å²) < 4.78 is 0. The molecule has 3 nitrogen and oxygen atoms in total. The Hall–Kier alpha value is -1.90. The van der Waals surface area contributed by atoms with Gasteiger partial charge in [-0.15, -0.1) is 0 Å². The zero-order valence-corrected chi connectivity index (χ0v) is 12.0. The van der Waals surface area contributed by atoms with E-state index < -0.39 is 0 Å². The Morgan fingerprint density at radius 3 is 2.85 bits per heavy atom. The predicted molar refractivity (Wildman–Crippen MR) is 82.3 cm³/mol. The second kappa shape index (κ2) is 5.23. The van der Waals surface area contributed by atoms with Crippen molar-refractivity contribution in [3.05, 3.63) is 35.9 Å². The van der Waals surface area contributed by atoms with Crippen molar-refractivity contribution >= 4 is 23.0 Å². The predicted octanol–water partition coefficient (Wildman–Crippen LogP) is 3.53. The lowest BCUT2D eigenvalue weighted by atomic mass is 9.95. The summed E-state index contributed by atoms with van der Waals surface area (Å²) >= 11 is 0. The molecule has 1 aromatic carbocycles. The van der Waals surface area contributed by atoms with Crippen LogP contribution in [0.4, 0.5) is 5.82 Å². The maximum absolute atomic E-state index is 11.4. The number of nitrogens with zero attached hydrogens (tertiary/aromatic N) is 2. The first-order valence-corrected chi connectivity index (χ1v) is 7.29. The Morgan fingerprint density at radius 2 is 2.15 bits per heavy atom. The molecule has 1 aliphatic heterocycles. The highest BCUT2D eigenvalue weighted by molar-refractivity contribution is 5.91. The molecule has 0 radical (unpaired) electrons. The smallest absolute Gasteiger partial charge is 0.153 e. The molecular weight excluding hydrogens is 248 g/mol. The summed E-state index contributed by atoms with van der Waals surface area (Å²) in [5.41, 5.74) is 1.66. The third-order valence-electron chi connectivity index (χ3n) is 4.33. The summed E-state index contributed by atoms with van der Waals surface area (Å²) in [6.07, 6.45) is 2.11. The molecule has 0 saturated carbocycles. The van der Waals surface area contributed by atoms with Crippen LogP contribution in [0.5, 0.6) is 0 Å². The molecule has 1 fully saturated rings. The van der Waals surface area contributed by atoms with Gasteiger partial charge in [-0.3, -0.25) is 4.79 Å². The number of hydrogen-bond donors (Lipinski definition) is 0. The highest BCUT2D eigenvalue weighted by atomic mass is 16.1. The van der Waals surface area contributed by atoms with E-state index in [9.17, 15) is 4.79 Å². The molecule has 0 amide bonds. The van der Waals surface area contributed by atoms with Gasteiger partial charge in [0.25, 0.3) is 0 Å². The van der Waals surface area contributed by atoms with E-state index in [0.717, 1.165) is 36.1 Å². The number of anilines is 1. The Balaban J connectivity index is 2.00. The van der Waals surface area contributed by atoms with E-state index in [-0.39, 0.29) is 0 Å². The van der Waals surface area contributed by atoms with Crippen LogP contribution in [0.1, 0.15) is 30.6 Å². The summed E-state index contributed by atoms with van der Waals surface area (Å²) in [5.74, 6) is 2.23. The fourth-order valence-corrected chi connectivity index (χ4v) is 2.99. The molecule has 0 bridgehead atoms. The molecule has 2 heterocycles. The van der Waals surface area contributed by atoms with Crippen LogP contribution in [-0.2, 0) is 0 Å². The van der Waals surface area contributed by atoms with Crippen molar-refractivity contribution in [1.29, 1.82) is 0 Å². The van der Waals surface area contributed by atoms with Gasteiger partial charge in [-0.1, -0.05) is 32.0 Å². The Labute approximate surface area is 119 Å². The largest absolute Gasteiger partial charge is 0.356 e. The summed E-state index contributed by atoms with van der Waals surface area (Å²) in [5, 5.41) is 1.03. The topological polar surface area (TPSA) is 33.2 Å². The number of rotatable bonds is 3. The first-order valence-electron chi connectivity index (χ1n) is 7.29. The molecule has 0 spiro atoms. The number of para-hydroxylation sites is 1. The van der Waals surface area contributed by atoms with Crippen molar-refractivity contribution in [3.8, 4) is 0 Å². The summed E-state index contributed by atoms with van der Waals surface area (Å²) in [7, 11) is 0. The molecule has 1 aliphatic rings. The maximum atomic E-state index is 11.4. The Morgan fingerprint density at radius 1 is 1.35 bits per heavy atom. The zero-order chi connectivity index (χ0) is 14.1. The van der Waals surface area contributed by atoms with E-state index in [0.29, 0.717) is 17.4 Å². The second-order valence-corrected chi connectivity index (χ2v) is 5.95. The quantitative estimate of drug-likeness (QED) is 0.798. The van der Waals surface area contributed by atoms with Gasteiger partial charge >= 0.3 is 0 Å². The molecule has 1 unspecified atom stereocenters. The van der Waals surface area contributed by atoms with E-state index >= 15 is 0 Å². The molecule has 1 saturated heterocycles. The van der Waals surface area contributed by atoms with Crippen LogP contribution in [0.25, 0.3) is 10.9 Å². The fourth-order valence-electron chi connectivity index (χ4n) is 2.99. The molecule has 104 valence electrons. The molecular formula is C17H20N2O. The minimum absolute atomic E-state index is 0.681. The third kappa shape index (κ3) is 2.28. The van der Waals surface area contributed by atoms with Crippen molar-refractivity contribution in [2.24, 2.45) is 11.8 Å². The SMILES string of the molecule is CC(C)C1CCN(c2nc3ccccc3cc2C=O)C1. The molecule has 2 aromatic rings. The van der Waals surface area contributed by atoms with Gasteiger partial charge in [0, 0.05) is 18.5 Å². The van der Waals surface area contributed by atoms with Gasteiger partial charge < -0.3 is 4.90 Å². The molecule has 0 aliphatic carbocycles. The van der Waals surface area contributed by atoms with E-state index in [1.807, 2.05) is 30.3 Å². The van der Waals surface area contributed by atoms with Crippen LogP contribution < -0.4 is 4.90 Å². The zero-order valence-electron chi connectivity index (χ0n) is 12.0. The van der Waals surface area contributed by atoms with Crippen LogP contribution in [0.15, 0.2) is 30.3 Å². The van der Waals surface area contributed by atoms with Gasteiger partial charge in [0.1, 0.15) is 5.82 Å². The van der Waals surface area contributed by atoms with Gasteiger partial charge in [0.2, 0.25) is 0 Å². The fraction of sp³-hybridized carbons (Fsp3) is 0.412. The van der Waals surface area contributed by atoms with Gasteiger partial charge in [-0.25, -0.2) is 4.98 Å². The van der Waals surface area contributed by atoms with Crippen LogP contribution in [-0.4, -0.2) is 24.4 Å². The number of carbonyl (C=O) groups is 1. The molecule has 20 heavy (non-hydrogen) atoms. The van der Waals surface area contributed by atoms with Crippen molar-refractivity contribution in [2.75, 3.05) is 18.0 Å². The molecule has 1 aromatic heterocycles. The number of hydrogen-bond acceptors (Lipinski definition) is 3. The number of carbonyl (C=O) groups excluding carboxylic acids is 1. The summed E-state index contributed by atoms with van der Waals surface area (Å²) in [6, 6.07) is 9.92. The second-order valence-electron chi connectivity index (χ2n) is 5.95. The average molecular weight is 268 g/mol. The van der Waals surface area contributed by atoms with E-state index in [4.69, 9.17) is 4.98 Å².